The maximum Gasteiger partial charge on any atom is 0.460 e. The molecule has 0 aliphatic heterocycles. The van der Waals surface area contributed by atoms with Gasteiger partial charge < -0.3 is 0 Å². The second-order valence-electron chi connectivity index (χ2n) is 3.60. The first-order valence-corrected chi connectivity index (χ1v) is 6.44. The Hall–Kier alpha value is -0.750. The first kappa shape index (κ1) is 22.5. The van der Waals surface area contributed by atoms with E-state index < -0.39 is 33.5 Å². The molecule has 0 saturated heterocycles. The lowest BCUT2D eigenvalue weighted by Gasteiger charge is -2.31. The molecule has 0 N–H and O–H groups in total. The van der Waals surface area contributed by atoms with E-state index in [4.69, 9.17) is 0 Å². The van der Waals surface area contributed by atoms with Crippen molar-refractivity contribution in [1.29, 1.82) is 0 Å². The Morgan fingerprint density at radius 2 is 1.00 bits per heavy atom. The van der Waals surface area contributed by atoms with Crippen molar-refractivity contribution in [2.45, 2.75) is 50.0 Å². The van der Waals surface area contributed by atoms with E-state index in [9.17, 15) is 51.8 Å². The monoisotopic (exact) mass is 360 g/mol. The molecule has 0 bridgehead atoms. The topological polar surface area (TPSA) is 34.1 Å². The van der Waals surface area contributed by atoms with Gasteiger partial charge >= 0.3 is 33.5 Å². The van der Waals surface area contributed by atoms with Crippen molar-refractivity contribution in [3.05, 3.63) is 0 Å². The number of halogens is 10. The van der Waals surface area contributed by atoms with E-state index in [1.54, 1.807) is 0 Å². The SMILES string of the molecule is CCCC.O=S(=O)(F)C(F)(F)C(F)(F)C(F)(F)C(F)(F)F. The van der Waals surface area contributed by atoms with Crippen LogP contribution in [0, 0.1) is 0 Å². The predicted molar refractivity (Wildman–Crippen MR) is 51.5 cm³/mol. The third-order valence-electron chi connectivity index (χ3n) is 1.92. The molecule has 0 saturated carbocycles. The molecule has 0 aromatic heterocycles. The summed E-state index contributed by atoms with van der Waals surface area (Å²) in [6, 6.07) is 0. The van der Waals surface area contributed by atoms with E-state index >= 15 is 0 Å². The van der Waals surface area contributed by atoms with Gasteiger partial charge in [0, 0.05) is 0 Å². The lowest BCUT2D eigenvalue weighted by Crippen LogP contribution is -2.62. The maximum absolute atomic E-state index is 12.1. The van der Waals surface area contributed by atoms with E-state index in [0.717, 1.165) is 0 Å². The minimum atomic E-state index is -7.67. The van der Waals surface area contributed by atoms with Crippen LogP contribution in [0.5, 0.6) is 0 Å². The zero-order chi connectivity index (χ0) is 17.9. The van der Waals surface area contributed by atoms with Crippen LogP contribution in [0.4, 0.5) is 43.4 Å². The molecule has 21 heavy (non-hydrogen) atoms. The fourth-order valence-electron chi connectivity index (χ4n) is 0.514. The Morgan fingerprint density at radius 1 is 0.714 bits per heavy atom. The Kier molecular flexibility index (Phi) is 7.04. The lowest BCUT2D eigenvalue weighted by atomic mass is 10.1. The third kappa shape index (κ3) is 4.36. The summed E-state index contributed by atoms with van der Waals surface area (Å²) in [5, 5.41) is -7.22. The fourth-order valence-corrected chi connectivity index (χ4v) is 0.948. The summed E-state index contributed by atoms with van der Waals surface area (Å²) in [5.74, 6) is -14.9. The van der Waals surface area contributed by atoms with E-state index in [1.165, 1.54) is 12.8 Å². The molecule has 0 heterocycles. The van der Waals surface area contributed by atoms with Crippen molar-refractivity contribution in [2.75, 3.05) is 0 Å². The molecule has 0 rings (SSSR count). The average Bonchev–Trinajstić information content (AvgIpc) is 2.25. The number of hydrogen-bond acceptors (Lipinski definition) is 2. The zero-order valence-corrected chi connectivity index (χ0v) is 11.2. The smallest absolute Gasteiger partial charge is 0.191 e. The molecule has 0 fully saturated rings. The minimum Gasteiger partial charge on any atom is -0.191 e. The van der Waals surface area contributed by atoms with Gasteiger partial charge in [0.25, 0.3) is 0 Å². The summed E-state index contributed by atoms with van der Waals surface area (Å²) in [5.41, 5.74) is 0. The van der Waals surface area contributed by atoms with Crippen LogP contribution in [0.2, 0.25) is 0 Å². The maximum atomic E-state index is 12.1. The molecule has 0 aliphatic rings. The number of hydrogen-bond donors (Lipinski definition) is 0. The molecule has 0 atom stereocenters. The predicted octanol–water partition coefficient (Wildman–Crippen LogP) is 4.52. The first-order chi connectivity index (χ1) is 8.91. The molecule has 0 spiro atoms. The summed E-state index contributed by atoms with van der Waals surface area (Å²) in [4.78, 5) is 0. The number of unbranched alkanes of at least 4 members (excludes halogenated alkanes) is 1. The van der Waals surface area contributed by atoms with Crippen LogP contribution < -0.4 is 0 Å². The van der Waals surface area contributed by atoms with Gasteiger partial charge in [0.05, 0.1) is 0 Å². The fraction of sp³-hybridized carbons (Fsp3) is 1.00. The van der Waals surface area contributed by atoms with E-state index in [-0.39, 0.29) is 0 Å². The molecule has 0 unspecified atom stereocenters. The molecule has 0 radical (unpaired) electrons. The van der Waals surface area contributed by atoms with Gasteiger partial charge in [-0.3, -0.25) is 0 Å². The number of rotatable bonds is 4. The van der Waals surface area contributed by atoms with Gasteiger partial charge in [-0.2, -0.15) is 47.9 Å². The highest BCUT2D eigenvalue weighted by molar-refractivity contribution is 7.87. The Morgan fingerprint density at radius 3 is 1.14 bits per heavy atom. The summed E-state index contributed by atoms with van der Waals surface area (Å²) < 4.78 is 137. The van der Waals surface area contributed by atoms with Crippen LogP contribution in [-0.2, 0) is 10.2 Å². The number of alkyl halides is 9. The van der Waals surface area contributed by atoms with Gasteiger partial charge in [-0.25, -0.2) is 0 Å². The normalized spacial score (nSPS) is 14.5. The van der Waals surface area contributed by atoms with Gasteiger partial charge in [0.15, 0.2) is 0 Å². The standard InChI is InChI=1S/C4F10O2S.C4H10/c5-1(6,3(9,10)11)2(7,8)4(12,13)17(14,15)16;1-3-4-2/h;3-4H2,1-2H3. The van der Waals surface area contributed by atoms with Crippen molar-refractivity contribution in [3.63, 3.8) is 0 Å². The molecular formula is C8H10F10O2S. The van der Waals surface area contributed by atoms with Crippen molar-refractivity contribution < 1.29 is 51.8 Å². The van der Waals surface area contributed by atoms with Crippen LogP contribution in [0.3, 0.4) is 0 Å². The molecule has 0 aromatic carbocycles. The quantitative estimate of drug-likeness (QED) is 0.546. The highest BCUT2D eigenvalue weighted by Gasteiger charge is 2.85. The minimum absolute atomic E-state index is 1.32. The molecule has 0 aromatic rings. The lowest BCUT2D eigenvalue weighted by molar-refractivity contribution is -0.382. The van der Waals surface area contributed by atoms with Crippen molar-refractivity contribution in [3.8, 4) is 0 Å². The van der Waals surface area contributed by atoms with Gasteiger partial charge in [-0.15, -0.1) is 0 Å². The van der Waals surface area contributed by atoms with Crippen LogP contribution in [0.1, 0.15) is 26.7 Å². The highest BCUT2D eigenvalue weighted by Crippen LogP contribution is 2.54. The van der Waals surface area contributed by atoms with Crippen molar-refractivity contribution in [1.82, 2.24) is 0 Å². The summed E-state index contributed by atoms with van der Waals surface area (Å²) in [6.45, 7) is 4.36. The molecule has 2 nitrogen and oxygen atoms in total. The van der Waals surface area contributed by atoms with E-state index in [0.29, 0.717) is 0 Å². The van der Waals surface area contributed by atoms with Crippen LogP contribution in [-0.4, -0.2) is 31.7 Å². The highest BCUT2D eigenvalue weighted by atomic mass is 32.3. The Bertz CT molecular complexity index is 423. The largest absolute Gasteiger partial charge is 0.460 e. The molecule has 130 valence electrons. The van der Waals surface area contributed by atoms with E-state index in [1.807, 2.05) is 0 Å². The summed E-state index contributed by atoms with van der Waals surface area (Å²) in [7, 11) is -7.67. The van der Waals surface area contributed by atoms with Crippen LogP contribution >= 0.6 is 0 Å². The van der Waals surface area contributed by atoms with Gasteiger partial charge in [0.2, 0.25) is 0 Å². The van der Waals surface area contributed by atoms with Crippen molar-refractivity contribution >= 4 is 10.2 Å². The second-order valence-corrected chi connectivity index (χ2v) is 4.99. The second kappa shape index (κ2) is 6.57. The third-order valence-corrected chi connectivity index (χ3v) is 2.79. The average molecular weight is 360 g/mol. The summed E-state index contributed by atoms with van der Waals surface area (Å²) in [6.07, 6.45) is -4.55. The zero-order valence-electron chi connectivity index (χ0n) is 10.4. The molecule has 0 aliphatic carbocycles. The Balaban J connectivity index is 0. The first-order valence-electron chi connectivity index (χ1n) is 5.06. The van der Waals surface area contributed by atoms with Crippen LogP contribution in [0.25, 0.3) is 0 Å². The molecule has 0 amide bonds. The summed E-state index contributed by atoms with van der Waals surface area (Å²) >= 11 is 0. The van der Waals surface area contributed by atoms with Crippen molar-refractivity contribution in [2.24, 2.45) is 0 Å². The van der Waals surface area contributed by atoms with Gasteiger partial charge in [-0.05, 0) is 0 Å². The van der Waals surface area contributed by atoms with Crippen LogP contribution in [0.15, 0.2) is 0 Å². The van der Waals surface area contributed by atoms with E-state index in [2.05, 4.69) is 13.8 Å². The molecule has 13 heteroatoms. The van der Waals surface area contributed by atoms with Gasteiger partial charge in [-0.1, -0.05) is 30.6 Å². The Labute approximate surface area is 113 Å². The molecular weight excluding hydrogens is 350 g/mol. The van der Waals surface area contributed by atoms with Gasteiger partial charge in [0.1, 0.15) is 0 Å².